The van der Waals surface area contributed by atoms with Gasteiger partial charge in [-0.05, 0) is 31.5 Å². The van der Waals surface area contributed by atoms with Crippen LogP contribution in [-0.2, 0) is 24.3 Å². The van der Waals surface area contributed by atoms with Crippen LogP contribution in [0.2, 0.25) is 0 Å². The summed E-state index contributed by atoms with van der Waals surface area (Å²) in [6.07, 6.45) is 0. The van der Waals surface area contributed by atoms with Crippen LogP contribution in [0.1, 0.15) is 21.6 Å². The average molecular weight is 423 g/mol. The fourth-order valence-electron chi connectivity index (χ4n) is 2.74. The normalized spacial score (nSPS) is 15.1. The first kappa shape index (κ1) is 21.0. The Bertz CT molecular complexity index is 1010. The Hall–Kier alpha value is -2.76. The lowest BCUT2D eigenvalue weighted by Crippen LogP contribution is -2.40. The number of carbonyl (C=O) groups excluding carboxylic acids is 2. The van der Waals surface area contributed by atoms with Crippen LogP contribution >= 0.6 is 0 Å². The fraction of sp³-hybridized carbons (Fsp3) is 0.389. The molecule has 0 saturated carbocycles. The highest BCUT2D eigenvalue weighted by atomic mass is 32.2. The molecule has 1 aromatic heterocycles. The zero-order chi connectivity index (χ0) is 21.0. The summed E-state index contributed by atoms with van der Waals surface area (Å²) in [7, 11) is -3.77. The lowest BCUT2D eigenvalue weighted by molar-refractivity contribution is -0.119. The quantitative estimate of drug-likeness (QED) is 0.684. The van der Waals surface area contributed by atoms with Crippen LogP contribution in [0.25, 0.3) is 0 Å². The molecule has 1 fully saturated rings. The monoisotopic (exact) mass is 423 g/mol. The third-order valence-corrected chi connectivity index (χ3v) is 6.28. The minimum atomic E-state index is -3.77. The van der Waals surface area contributed by atoms with Crippen LogP contribution in [0.5, 0.6) is 0 Å². The van der Waals surface area contributed by atoms with Gasteiger partial charge in [0.1, 0.15) is 0 Å². The number of carbonyl (C=O) groups is 2. The number of ether oxygens (including phenoxy) is 2. The number of amides is 1. The van der Waals surface area contributed by atoms with Crippen molar-refractivity contribution in [2.24, 2.45) is 0 Å². The van der Waals surface area contributed by atoms with E-state index in [2.05, 4.69) is 10.5 Å². The van der Waals surface area contributed by atoms with Gasteiger partial charge in [-0.25, -0.2) is 13.2 Å². The third kappa shape index (κ3) is 5.00. The number of anilines is 1. The van der Waals surface area contributed by atoms with Crippen LogP contribution in [-0.4, -0.2) is 62.7 Å². The molecule has 1 saturated heterocycles. The van der Waals surface area contributed by atoms with Crippen molar-refractivity contribution >= 4 is 27.8 Å². The van der Waals surface area contributed by atoms with Gasteiger partial charge in [0, 0.05) is 19.2 Å². The predicted molar refractivity (Wildman–Crippen MR) is 101 cm³/mol. The minimum absolute atomic E-state index is 0.0236. The molecule has 2 heterocycles. The summed E-state index contributed by atoms with van der Waals surface area (Å²) in [5.74, 6) is -1.28. The summed E-state index contributed by atoms with van der Waals surface area (Å²) >= 11 is 0. The number of benzene rings is 1. The summed E-state index contributed by atoms with van der Waals surface area (Å²) in [5.41, 5.74) is 1.13. The first-order chi connectivity index (χ1) is 13.8. The Balaban J connectivity index is 1.68. The first-order valence-electron chi connectivity index (χ1n) is 8.86. The van der Waals surface area contributed by atoms with Crippen molar-refractivity contribution in [1.82, 2.24) is 9.46 Å². The van der Waals surface area contributed by atoms with Crippen LogP contribution < -0.4 is 5.32 Å². The van der Waals surface area contributed by atoms with Gasteiger partial charge < -0.3 is 14.0 Å². The molecule has 1 amide bonds. The van der Waals surface area contributed by atoms with Gasteiger partial charge in [0.05, 0.1) is 29.4 Å². The van der Waals surface area contributed by atoms with Gasteiger partial charge in [-0.2, -0.15) is 4.31 Å². The minimum Gasteiger partial charge on any atom is -0.452 e. The van der Waals surface area contributed by atoms with Crippen LogP contribution in [0.4, 0.5) is 5.88 Å². The molecule has 11 heteroatoms. The molecule has 1 aliphatic rings. The van der Waals surface area contributed by atoms with Gasteiger partial charge >= 0.3 is 5.97 Å². The number of sulfonamides is 1. The number of hydrogen-bond donors (Lipinski definition) is 1. The second-order valence-electron chi connectivity index (χ2n) is 6.45. The standard InChI is InChI=1S/C18H21N3O7S/c1-12-3-4-14(10-15(12)29(24,25)21-5-7-26-8-6-21)18(23)27-11-16(22)19-17-9-13(2)20-28-17/h3-4,9-10H,5-8,11H2,1-2H3,(H,19,22). The van der Waals surface area contributed by atoms with Gasteiger partial charge in [0.2, 0.25) is 15.9 Å². The number of esters is 1. The summed E-state index contributed by atoms with van der Waals surface area (Å²) in [4.78, 5) is 24.2. The van der Waals surface area contributed by atoms with Crippen molar-refractivity contribution in [2.75, 3.05) is 38.2 Å². The molecule has 156 valence electrons. The fourth-order valence-corrected chi connectivity index (χ4v) is 4.40. The Labute approximate surface area is 167 Å². The van der Waals surface area contributed by atoms with E-state index in [0.29, 0.717) is 24.5 Å². The summed E-state index contributed by atoms with van der Waals surface area (Å²) < 4.78 is 42.1. The van der Waals surface area contributed by atoms with Crippen LogP contribution in [0.3, 0.4) is 0 Å². The van der Waals surface area contributed by atoms with Gasteiger partial charge in [-0.3, -0.25) is 10.1 Å². The molecule has 1 aliphatic heterocycles. The molecular weight excluding hydrogens is 402 g/mol. The topological polar surface area (TPSA) is 128 Å². The summed E-state index contributed by atoms with van der Waals surface area (Å²) in [6, 6.07) is 5.76. The third-order valence-electron chi connectivity index (χ3n) is 4.24. The molecule has 0 unspecified atom stereocenters. The molecule has 0 radical (unpaired) electrons. The molecule has 2 aromatic rings. The largest absolute Gasteiger partial charge is 0.452 e. The lowest BCUT2D eigenvalue weighted by atomic mass is 10.1. The highest BCUT2D eigenvalue weighted by Crippen LogP contribution is 2.22. The number of aromatic nitrogens is 1. The molecule has 0 aliphatic carbocycles. The van der Waals surface area contributed by atoms with Crippen molar-refractivity contribution < 1.29 is 32.0 Å². The van der Waals surface area contributed by atoms with Crippen molar-refractivity contribution in [3.8, 4) is 0 Å². The highest BCUT2D eigenvalue weighted by molar-refractivity contribution is 7.89. The maximum absolute atomic E-state index is 12.9. The first-order valence-corrected chi connectivity index (χ1v) is 10.3. The van der Waals surface area contributed by atoms with Gasteiger partial charge in [0.15, 0.2) is 6.61 Å². The smallest absolute Gasteiger partial charge is 0.338 e. The van der Waals surface area contributed by atoms with Crippen molar-refractivity contribution in [1.29, 1.82) is 0 Å². The van der Waals surface area contributed by atoms with E-state index in [1.165, 1.54) is 28.6 Å². The van der Waals surface area contributed by atoms with Gasteiger partial charge in [-0.15, -0.1) is 0 Å². The molecule has 0 spiro atoms. The molecule has 0 atom stereocenters. The Morgan fingerprint density at radius 1 is 1.21 bits per heavy atom. The second-order valence-corrected chi connectivity index (χ2v) is 8.36. The van der Waals surface area contributed by atoms with Crippen LogP contribution in [0, 0.1) is 13.8 Å². The van der Waals surface area contributed by atoms with Crippen molar-refractivity contribution in [3.63, 3.8) is 0 Å². The maximum atomic E-state index is 12.9. The van der Waals surface area contributed by atoms with Crippen molar-refractivity contribution in [2.45, 2.75) is 18.7 Å². The zero-order valence-electron chi connectivity index (χ0n) is 16.0. The molecule has 1 N–H and O–H groups in total. The average Bonchev–Trinajstić information content (AvgIpc) is 3.11. The molecule has 0 bridgehead atoms. The number of aryl methyl sites for hydroxylation is 2. The van der Waals surface area contributed by atoms with E-state index in [9.17, 15) is 18.0 Å². The summed E-state index contributed by atoms with van der Waals surface area (Å²) in [5, 5.41) is 6.02. The number of rotatable bonds is 6. The second kappa shape index (κ2) is 8.72. The number of hydrogen-bond acceptors (Lipinski definition) is 8. The van der Waals surface area contributed by atoms with E-state index in [1.54, 1.807) is 13.8 Å². The predicted octanol–water partition coefficient (Wildman–Crippen LogP) is 1.11. The van der Waals surface area contributed by atoms with Crippen molar-refractivity contribution in [3.05, 3.63) is 41.1 Å². The molecule has 29 heavy (non-hydrogen) atoms. The van der Waals surface area contributed by atoms with Gasteiger partial charge in [-0.1, -0.05) is 11.2 Å². The maximum Gasteiger partial charge on any atom is 0.338 e. The number of morpholine rings is 1. The Morgan fingerprint density at radius 2 is 1.93 bits per heavy atom. The zero-order valence-corrected chi connectivity index (χ0v) is 16.8. The molecule has 3 rings (SSSR count). The van der Waals surface area contributed by atoms with E-state index in [1.807, 2.05) is 0 Å². The van der Waals surface area contributed by atoms with E-state index in [4.69, 9.17) is 14.0 Å². The van der Waals surface area contributed by atoms with Crippen LogP contribution in [0.15, 0.2) is 33.7 Å². The van der Waals surface area contributed by atoms with Gasteiger partial charge in [0.25, 0.3) is 5.91 Å². The number of nitrogens with one attached hydrogen (secondary N) is 1. The van der Waals surface area contributed by atoms with E-state index in [0.717, 1.165) is 0 Å². The Kier molecular flexibility index (Phi) is 6.30. The van der Waals surface area contributed by atoms with E-state index < -0.39 is 28.5 Å². The van der Waals surface area contributed by atoms with E-state index in [-0.39, 0.29) is 29.4 Å². The number of nitrogens with zero attached hydrogens (tertiary/aromatic N) is 2. The molecular formula is C18H21N3O7S. The Morgan fingerprint density at radius 3 is 2.59 bits per heavy atom. The lowest BCUT2D eigenvalue weighted by Gasteiger charge is -2.26. The highest BCUT2D eigenvalue weighted by Gasteiger charge is 2.28. The van der Waals surface area contributed by atoms with E-state index >= 15 is 0 Å². The molecule has 10 nitrogen and oxygen atoms in total. The molecule has 1 aromatic carbocycles. The summed E-state index contributed by atoms with van der Waals surface area (Å²) in [6.45, 7) is 3.92. The SMILES string of the molecule is Cc1cc(NC(=O)COC(=O)c2ccc(C)c(S(=O)(=O)N3CCOCC3)c2)on1.